The van der Waals surface area contributed by atoms with Gasteiger partial charge >= 0.3 is 0 Å². The highest BCUT2D eigenvalue weighted by atomic mass is 16.5. The molecular formula is C48H48N2O7. The first kappa shape index (κ1) is 40.1. The summed E-state index contributed by atoms with van der Waals surface area (Å²) >= 11 is 0. The van der Waals surface area contributed by atoms with E-state index >= 15 is 0 Å². The second kappa shape index (κ2) is 21.5. The third-order valence-electron chi connectivity index (χ3n) is 9.19. The van der Waals surface area contributed by atoms with Crippen LogP contribution in [0.1, 0.15) is 62.2 Å². The molecule has 0 aliphatic carbocycles. The first-order valence-corrected chi connectivity index (χ1v) is 19.2. The summed E-state index contributed by atoms with van der Waals surface area (Å²) < 4.78 is 24.8. The second-order valence-corrected chi connectivity index (χ2v) is 13.5. The van der Waals surface area contributed by atoms with Crippen LogP contribution in [0.15, 0.2) is 158 Å². The molecule has 6 aromatic rings. The van der Waals surface area contributed by atoms with Gasteiger partial charge in [0.25, 0.3) is 11.8 Å². The van der Waals surface area contributed by atoms with E-state index in [4.69, 9.17) is 18.9 Å². The molecule has 0 fully saturated rings. The minimum atomic E-state index is -0.513. The van der Waals surface area contributed by atoms with Crippen molar-refractivity contribution < 1.29 is 33.6 Å². The molecule has 0 spiro atoms. The quantitative estimate of drug-likeness (QED) is 0.0629. The molecule has 0 saturated carbocycles. The molecule has 0 saturated heterocycles. The topological polar surface area (TPSA) is 115 Å². The molecule has 0 aliphatic heterocycles. The Morgan fingerprint density at radius 3 is 1.30 bits per heavy atom. The summed E-state index contributed by atoms with van der Waals surface area (Å²) in [6, 6.07) is 49.1. The Labute approximate surface area is 334 Å². The van der Waals surface area contributed by atoms with Gasteiger partial charge in [-0.25, -0.2) is 0 Å². The molecule has 2 amide bonds. The maximum Gasteiger partial charge on any atom is 0.255 e. The molecule has 0 unspecified atom stereocenters. The van der Waals surface area contributed by atoms with E-state index in [0.717, 1.165) is 22.3 Å². The van der Waals surface area contributed by atoms with E-state index in [0.29, 0.717) is 73.1 Å². The van der Waals surface area contributed by atoms with Crippen molar-refractivity contribution in [3.05, 3.63) is 191 Å². The Morgan fingerprint density at radius 1 is 0.474 bits per heavy atom. The molecule has 57 heavy (non-hydrogen) atoms. The Kier molecular flexibility index (Phi) is 15.1. The zero-order valence-corrected chi connectivity index (χ0v) is 31.8. The number of benzene rings is 6. The van der Waals surface area contributed by atoms with Crippen molar-refractivity contribution in [3.63, 3.8) is 0 Å². The van der Waals surface area contributed by atoms with Crippen LogP contribution in [0.5, 0.6) is 23.0 Å². The number of hydrogen-bond donors (Lipinski definition) is 3. The number of carbonyl (C=O) groups excluding carboxylic acids is 2. The predicted octanol–water partition coefficient (Wildman–Crippen LogP) is 8.69. The summed E-state index contributed by atoms with van der Waals surface area (Å²) in [4.78, 5) is 27.2. The van der Waals surface area contributed by atoms with E-state index in [1.54, 1.807) is 36.4 Å². The molecule has 0 heterocycles. The number of aliphatic hydroxyl groups excluding tert-OH is 1. The summed E-state index contributed by atoms with van der Waals surface area (Å²) in [7, 11) is 0. The third-order valence-corrected chi connectivity index (χ3v) is 9.19. The summed E-state index contributed by atoms with van der Waals surface area (Å²) in [5.74, 6) is 0.961. The van der Waals surface area contributed by atoms with Gasteiger partial charge in [0.15, 0.2) is 23.0 Å². The van der Waals surface area contributed by atoms with Gasteiger partial charge in [0.05, 0.1) is 23.8 Å². The van der Waals surface area contributed by atoms with Gasteiger partial charge in [-0.05, 0) is 65.8 Å². The van der Waals surface area contributed by atoms with Gasteiger partial charge in [-0.3, -0.25) is 9.59 Å². The molecule has 6 rings (SSSR count). The highest BCUT2D eigenvalue weighted by Gasteiger charge is 2.22. The fourth-order valence-corrected chi connectivity index (χ4v) is 6.13. The van der Waals surface area contributed by atoms with Crippen LogP contribution in [-0.4, -0.2) is 36.1 Å². The minimum Gasteiger partial charge on any atom is -0.485 e. The number of carbonyl (C=O) groups is 2. The van der Waals surface area contributed by atoms with Crippen LogP contribution in [0.4, 0.5) is 0 Å². The molecule has 0 aliphatic rings. The van der Waals surface area contributed by atoms with Crippen LogP contribution in [-0.2, 0) is 26.4 Å². The van der Waals surface area contributed by atoms with Gasteiger partial charge in [0.1, 0.15) is 26.4 Å². The lowest BCUT2D eigenvalue weighted by molar-refractivity contribution is 0.0906. The molecule has 292 valence electrons. The fourth-order valence-electron chi connectivity index (χ4n) is 6.13. The first-order chi connectivity index (χ1) is 28.1. The minimum absolute atomic E-state index is 0.244. The average molecular weight is 765 g/mol. The van der Waals surface area contributed by atoms with E-state index in [-0.39, 0.29) is 31.6 Å². The van der Waals surface area contributed by atoms with E-state index in [9.17, 15) is 14.7 Å². The van der Waals surface area contributed by atoms with Crippen LogP contribution in [0.3, 0.4) is 0 Å². The zero-order chi connectivity index (χ0) is 39.5. The lowest BCUT2D eigenvalue weighted by atomic mass is 10.1. The lowest BCUT2D eigenvalue weighted by Gasteiger charge is -2.20. The summed E-state index contributed by atoms with van der Waals surface area (Å²) in [6.45, 7) is 1.28. The number of rotatable bonds is 21. The number of para-hydroxylation sites is 2. The monoisotopic (exact) mass is 764 g/mol. The summed E-state index contributed by atoms with van der Waals surface area (Å²) in [5, 5.41) is 16.2. The SMILES string of the molecule is O=C(NCCCC[C@@H](CO)NC(=O)c1cccc(OCc2ccccc2)c1OCc1ccccc1)c1cccc(OCc2ccccc2)c1OCc1ccccc1. The maximum atomic E-state index is 13.7. The number of amides is 2. The molecular weight excluding hydrogens is 717 g/mol. The number of aliphatic hydroxyl groups is 1. The smallest absolute Gasteiger partial charge is 0.255 e. The van der Waals surface area contributed by atoms with Crippen LogP contribution in [0, 0.1) is 0 Å². The van der Waals surface area contributed by atoms with Crippen molar-refractivity contribution in [2.45, 2.75) is 51.7 Å². The van der Waals surface area contributed by atoms with Gasteiger partial charge in [0.2, 0.25) is 0 Å². The van der Waals surface area contributed by atoms with E-state index < -0.39 is 6.04 Å². The third kappa shape index (κ3) is 12.2. The van der Waals surface area contributed by atoms with Crippen LogP contribution >= 0.6 is 0 Å². The van der Waals surface area contributed by atoms with Crippen LogP contribution in [0.25, 0.3) is 0 Å². The summed E-state index contributed by atoms with van der Waals surface area (Å²) in [6.07, 6.45) is 1.76. The zero-order valence-electron chi connectivity index (χ0n) is 31.8. The molecule has 1 atom stereocenters. The van der Waals surface area contributed by atoms with Gasteiger partial charge in [0, 0.05) is 6.54 Å². The number of hydrogen-bond acceptors (Lipinski definition) is 7. The van der Waals surface area contributed by atoms with E-state index in [1.165, 1.54) is 0 Å². The normalized spacial score (nSPS) is 11.2. The van der Waals surface area contributed by atoms with E-state index in [2.05, 4.69) is 10.6 Å². The molecule has 3 N–H and O–H groups in total. The van der Waals surface area contributed by atoms with Crippen molar-refractivity contribution >= 4 is 11.8 Å². The number of unbranched alkanes of at least 4 members (excludes halogenated alkanes) is 1. The Morgan fingerprint density at radius 2 is 0.877 bits per heavy atom. The predicted molar refractivity (Wildman–Crippen MR) is 221 cm³/mol. The fraction of sp³-hybridized carbons (Fsp3) is 0.208. The highest BCUT2D eigenvalue weighted by molar-refractivity contribution is 5.98. The highest BCUT2D eigenvalue weighted by Crippen LogP contribution is 2.34. The Bertz CT molecular complexity index is 2130. The van der Waals surface area contributed by atoms with Crippen molar-refractivity contribution in [1.29, 1.82) is 0 Å². The van der Waals surface area contributed by atoms with Gasteiger partial charge in [-0.15, -0.1) is 0 Å². The molecule has 9 nitrogen and oxygen atoms in total. The average Bonchev–Trinajstić information content (AvgIpc) is 3.27. The van der Waals surface area contributed by atoms with Crippen LogP contribution < -0.4 is 29.6 Å². The molecule has 0 aromatic heterocycles. The second-order valence-electron chi connectivity index (χ2n) is 13.5. The van der Waals surface area contributed by atoms with Crippen molar-refractivity contribution in [3.8, 4) is 23.0 Å². The van der Waals surface area contributed by atoms with Gasteiger partial charge in [-0.1, -0.05) is 133 Å². The molecule has 6 aromatic carbocycles. The van der Waals surface area contributed by atoms with E-state index in [1.807, 2.05) is 121 Å². The largest absolute Gasteiger partial charge is 0.485 e. The van der Waals surface area contributed by atoms with Crippen LogP contribution in [0.2, 0.25) is 0 Å². The standard InChI is InChI=1S/C48H48N2O7/c51-31-40(50-48(53)42-27-16-29-44(55-33-37-19-7-2-8-20-37)46(42)57-35-39-23-11-4-12-24-39)25-13-14-30-49-47(52)41-26-15-28-43(54-32-36-17-5-1-6-18-36)45(41)56-34-38-21-9-3-10-22-38/h1-12,15-24,26-29,40,51H,13-14,25,30-35H2,(H,49,52)(H,50,53)/t40-/m0/s1. The van der Waals surface area contributed by atoms with Crippen molar-refractivity contribution in [2.24, 2.45) is 0 Å². The number of nitrogens with one attached hydrogen (secondary N) is 2. The lowest BCUT2D eigenvalue weighted by Crippen LogP contribution is -2.37. The number of ether oxygens (including phenoxy) is 4. The molecule has 0 radical (unpaired) electrons. The van der Waals surface area contributed by atoms with Gasteiger partial charge in [-0.2, -0.15) is 0 Å². The Balaban J connectivity index is 1.05. The van der Waals surface area contributed by atoms with Gasteiger partial charge < -0.3 is 34.7 Å². The summed E-state index contributed by atoms with van der Waals surface area (Å²) in [5.41, 5.74) is 4.57. The Hall–Kier alpha value is -6.58. The molecule has 0 bridgehead atoms. The first-order valence-electron chi connectivity index (χ1n) is 19.2. The molecule has 9 heteroatoms. The van der Waals surface area contributed by atoms with Crippen molar-refractivity contribution in [2.75, 3.05) is 13.2 Å². The maximum absolute atomic E-state index is 13.7. The van der Waals surface area contributed by atoms with Crippen molar-refractivity contribution in [1.82, 2.24) is 10.6 Å².